The van der Waals surface area contributed by atoms with Crippen LogP contribution in [0.5, 0.6) is 0 Å². The average molecular weight is 100 g/mol. The number of hydrogen-bond donors (Lipinski definition) is 1. The molecule has 1 aliphatic heterocycles. The molecule has 0 bridgehead atoms. The molecule has 2 heteroatoms. The van der Waals surface area contributed by atoms with Crippen LogP contribution in [0.4, 0.5) is 0 Å². The highest BCUT2D eigenvalue weighted by Gasteiger charge is 2.04. The van der Waals surface area contributed by atoms with Crippen molar-refractivity contribution in [2.45, 2.75) is 12.8 Å². The Bertz CT molecular complexity index is 50.0. The van der Waals surface area contributed by atoms with Gasteiger partial charge in [-0.05, 0) is 19.3 Å². The molecule has 2 nitrogen and oxygen atoms in total. The van der Waals surface area contributed by atoms with Gasteiger partial charge in [0.05, 0.1) is 0 Å². The van der Waals surface area contributed by atoms with Gasteiger partial charge in [0.15, 0.2) is 0 Å². The molecular weight excluding hydrogens is 90.1 g/mol. The van der Waals surface area contributed by atoms with Crippen LogP contribution < -0.4 is 0 Å². The normalized spacial score (nSPS) is 25.3. The molecule has 1 N–H and O–H groups in total. The van der Waals surface area contributed by atoms with Crippen molar-refractivity contribution < 1.29 is 5.21 Å². The van der Waals surface area contributed by atoms with Gasteiger partial charge in [0, 0.05) is 13.1 Å². The Morgan fingerprint density at radius 2 is 1.86 bits per heavy atom. The maximum Gasteiger partial charge on any atom is 0.0240 e. The van der Waals surface area contributed by atoms with Gasteiger partial charge in [-0.1, -0.05) is 0 Å². The topological polar surface area (TPSA) is 23.5 Å². The van der Waals surface area contributed by atoms with Gasteiger partial charge < -0.3 is 5.21 Å². The second kappa shape index (κ2) is 2.28. The minimum absolute atomic E-state index is 0.819. The third kappa shape index (κ3) is 1.45. The van der Waals surface area contributed by atoms with E-state index in [1.54, 1.807) is 0 Å². The lowest BCUT2D eigenvalue weighted by molar-refractivity contribution is -0.0966. The molecular formula is C5H10NO. The molecule has 1 heterocycles. The largest absolute Gasteiger partial charge is 0.314 e. The van der Waals surface area contributed by atoms with E-state index in [0.717, 1.165) is 25.9 Å². The van der Waals surface area contributed by atoms with Crippen LogP contribution in [0.3, 0.4) is 0 Å². The minimum Gasteiger partial charge on any atom is -0.314 e. The van der Waals surface area contributed by atoms with Crippen molar-refractivity contribution >= 4 is 0 Å². The average Bonchev–Trinajstić information content (AvgIpc) is 1.69. The summed E-state index contributed by atoms with van der Waals surface area (Å²) in [4.78, 5) is 0. The van der Waals surface area contributed by atoms with E-state index in [0.29, 0.717) is 0 Å². The Hall–Kier alpha value is -0.0800. The van der Waals surface area contributed by atoms with E-state index in [1.807, 2.05) is 0 Å². The lowest BCUT2D eigenvalue weighted by atomic mass is 10.2. The third-order valence-corrected chi connectivity index (χ3v) is 1.18. The molecule has 0 saturated carbocycles. The third-order valence-electron chi connectivity index (χ3n) is 1.18. The molecule has 1 aliphatic rings. The van der Waals surface area contributed by atoms with E-state index in [9.17, 15) is 0 Å². The molecule has 1 saturated heterocycles. The smallest absolute Gasteiger partial charge is 0.0240 e. The van der Waals surface area contributed by atoms with E-state index in [4.69, 9.17) is 5.21 Å². The van der Waals surface area contributed by atoms with E-state index in [2.05, 4.69) is 6.42 Å². The second-order valence-electron chi connectivity index (χ2n) is 1.82. The van der Waals surface area contributed by atoms with Crippen LogP contribution in [0.15, 0.2) is 0 Å². The molecule has 0 aromatic carbocycles. The zero-order valence-corrected chi connectivity index (χ0v) is 4.30. The minimum atomic E-state index is 0.819. The van der Waals surface area contributed by atoms with Gasteiger partial charge in [0.2, 0.25) is 0 Å². The van der Waals surface area contributed by atoms with Gasteiger partial charge >= 0.3 is 0 Å². The molecule has 1 radical (unpaired) electrons. The molecule has 0 spiro atoms. The molecule has 7 heavy (non-hydrogen) atoms. The molecule has 0 amide bonds. The van der Waals surface area contributed by atoms with Crippen LogP contribution in [-0.2, 0) is 0 Å². The number of hydroxylamine groups is 2. The van der Waals surface area contributed by atoms with Crippen molar-refractivity contribution in [1.82, 2.24) is 5.06 Å². The molecule has 41 valence electrons. The van der Waals surface area contributed by atoms with Crippen LogP contribution in [0, 0.1) is 6.42 Å². The Kier molecular flexibility index (Phi) is 1.65. The first kappa shape index (κ1) is 5.06. The van der Waals surface area contributed by atoms with Crippen molar-refractivity contribution in [1.29, 1.82) is 0 Å². The molecule has 0 aromatic heterocycles. The first-order valence-electron chi connectivity index (χ1n) is 2.65. The van der Waals surface area contributed by atoms with Gasteiger partial charge in [-0.2, -0.15) is 5.06 Å². The van der Waals surface area contributed by atoms with Crippen LogP contribution in [-0.4, -0.2) is 23.4 Å². The predicted octanol–water partition coefficient (Wildman–Crippen LogP) is 0.676. The van der Waals surface area contributed by atoms with Crippen LogP contribution in [0.25, 0.3) is 0 Å². The van der Waals surface area contributed by atoms with Crippen LogP contribution in [0.1, 0.15) is 12.8 Å². The molecule has 1 fully saturated rings. The van der Waals surface area contributed by atoms with Gasteiger partial charge in [-0.25, -0.2) is 0 Å². The molecule has 1 rings (SSSR count). The number of hydrogen-bond acceptors (Lipinski definition) is 2. The standard InChI is InChI=1S/C5H10NO/c7-6-4-2-1-3-5-6/h1,7H,2-5H2. The van der Waals surface area contributed by atoms with Crippen molar-refractivity contribution in [3.8, 4) is 0 Å². The van der Waals surface area contributed by atoms with Crippen molar-refractivity contribution in [2.24, 2.45) is 0 Å². The highest BCUT2D eigenvalue weighted by molar-refractivity contribution is 4.71. The summed E-state index contributed by atoms with van der Waals surface area (Å²) in [7, 11) is 0. The van der Waals surface area contributed by atoms with E-state index < -0.39 is 0 Å². The first-order valence-corrected chi connectivity index (χ1v) is 2.65. The summed E-state index contributed by atoms with van der Waals surface area (Å²) in [6, 6.07) is 0. The summed E-state index contributed by atoms with van der Waals surface area (Å²) in [5.41, 5.74) is 0. The molecule has 0 atom stereocenters. The van der Waals surface area contributed by atoms with Crippen molar-refractivity contribution in [3.63, 3.8) is 0 Å². The molecule has 0 aromatic rings. The van der Waals surface area contributed by atoms with Gasteiger partial charge in [0.1, 0.15) is 0 Å². The van der Waals surface area contributed by atoms with Gasteiger partial charge in [0.25, 0.3) is 0 Å². The summed E-state index contributed by atoms with van der Waals surface area (Å²) in [5.74, 6) is 0. The summed E-state index contributed by atoms with van der Waals surface area (Å²) in [6.07, 6.45) is 4.28. The van der Waals surface area contributed by atoms with Crippen molar-refractivity contribution in [2.75, 3.05) is 13.1 Å². The highest BCUT2D eigenvalue weighted by Crippen LogP contribution is 2.03. The number of rotatable bonds is 0. The Morgan fingerprint density at radius 3 is 2.14 bits per heavy atom. The van der Waals surface area contributed by atoms with Gasteiger partial charge in [-0.3, -0.25) is 0 Å². The van der Waals surface area contributed by atoms with Crippen LogP contribution in [0.2, 0.25) is 0 Å². The highest BCUT2D eigenvalue weighted by atomic mass is 16.5. The summed E-state index contributed by atoms with van der Waals surface area (Å²) in [5, 5.41) is 10.1. The SMILES string of the molecule is ON1CC[CH]CC1. The number of piperidine rings is 1. The molecule has 0 aliphatic carbocycles. The van der Waals surface area contributed by atoms with E-state index in [-0.39, 0.29) is 0 Å². The maximum absolute atomic E-state index is 8.72. The zero-order chi connectivity index (χ0) is 5.11. The Labute approximate surface area is 43.7 Å². The lowest BCUT2D eigenvalue weighted by Crippen LogP contribution is -2.25. The van der Waals surface area contributed by atoms with Gasteiger partial charge in [-0.15, -0.1) is 0 Å². The van der Waals surface area contributed by atoms with Crippen molar-refractivity contribution in [3.05, 3.63) is 6.42 Å². The van der Waals surface area contributed by atoms with Crippen LogP contribution >= 0.6 is 0 Å². The first-order chi connectivity index (χ1) is 3.39. The van der Waals surface area contributed by atoms with E-state index >= 15 is 0 Å². The second-order valence-corrected chi connectivity index (χ2v) is 1.82. The molecule has 0 unspecified atom stereocenters. The predicted molar refractivity (Wildman–Crippen MR) is 26.9 cm³/mol. The van der Waals surface area contributed by atoms with E-state index in [1.165, 1.54) is 5.06 Å². The summed E-state index contributed by atoms with van der Waals surface area (Å²) in [6.45, 7) is 1.64. The quantitative estimate of drug-likeness (QED) is 0.483. The zero-order valence-electron chi connectivity index (χ0n) is 4.30. The fourth-order valence-corrected chi connectivity index (χ4v) is 0.737. The Morgan fingerprint density at radius 1 is 1.29 bits per heavy atom. The summed E-state index contributed by atoms with van der Waals surface area (Å²) >= 11 is 0. The fourth-order valence-electron chi connectivity index (χ4n) is 0.737. The monoisotopic (exact) mass is 100 g/mol. The fraction of sp³-hybridized carbons (Fsp3) is 0.800. The lowest BCUT2D eigenvalue weighted by Gasteiger charge is -2.18. The summed E-state index contributed by atoms with van der Waals surface area (Å²) < 4.78 is 0. The number of nitrogens with zero attached hydrogens (tertiary/aromatic N) is 1. The Balaban J connectivity index is 2.12. The maximum atomic E-state index is 8.72.